The fourth-order valence-corrected chi connectivity index (χ4v) is 5.63. The Balaban J connectivity index is 1.68. The highest BCUT2D eigenvalue weighted by atomic mass is 79.9. The third-order valence-electron chi connectivity index (χ3n) is 6.74. The molecule has 37 heavy (non-hydrogen) atoms. The second-order valence-corrected chi connectivity index (χ2v) is 10.4. The second-order valence-electron chi connectivity index (χ2n) is 9.14. The fourth-order valence-electron chi connectivity index (χ4n) is 5.03. The molecule has 0 radical (unpaired) electrons. The van der Waals surface area contributed by atoms with Crippen LogP contribution in [0, 0.1) is 20.8 Å². The molecule has 0 aliphatic carbocycles. The molecule has 4 aromatic rings. The molecule has 190 valence electrons. The zero-order chi connectivity index (χ0) is 26.5. The molecule has 0 unspecified atom stereocenters. The number of thiocarbonyl (C=S) groups is 1. The monoisotopic (exact) mass is 584 g/mol. The Labute approximate surface area is 227 Å². The van der Waals surface area contributed by atoms with E-state index >= 15 is 0 Å². The number of halogens is 4. The van der Waals surface area contributed by atoms with Crippen LogP contribution in [-0.4, -0.2) is 14.7 Å². The molecule has 2 aromatic heterocycles. The van der Waals surface area contributed by atoms with Gasteiger partial charge in [0, 0.05) is 33.4 Å². The molecule has 9 heteroatoms. The summed E-state index contributed by atoms with van der Waals surface area (Å²) in [6.07, 6.45) is -2.68. The van der Waals surface area contributed by atoms with Crippen molar-refractivity contribution in [2.45, 2.75) is 39.0 Å². The Kier molecular flexibility index (Phi) is 6.62. The highest BCUT2D eigenvalue weighted by molar-refractivity contribution is 9.10. The zero-order valence-corrected chi connectivity index (χ0v) is 22.7. The number of anilines is 1. The van der Waals surface area contributed by atoms with E-state index in [-0.39, 0.29) is 12.1 Å². The molecule has 5 rings (SSSR count). The Morgan fingerprint density at radius 2 is 1.73 bits per heavy atom. The minimum Gasteiger partial charge on any atom is -0.351 e. The van der Waals surface area contributed by atoms with Crippen LogP contribution in [0.4, 0.5) is 18.9 Å². The molecule has 1 fully saturated rings. The Morgan fingerprint density at radius 3 is 2.41 bits per heavy atom. The van der Waals surface area contributed by atoms with Gasteiger partial charge >= 0.3 is 6.18 Å². The summed E-state index contributed by atoms with van der Waals surface area (Å²) in [5, 5.41) is 4.01. The number of alkyl halides is 3. The maximum absolute atomic E-state index is 13.5. The van der Waals surface area contributed by atoms with E-state index in [0.29, 0.717) is 10.8 Å². The van der Waals surface area contributed by atoms with E-state index in [1.807, 2.05) is 61.7 Å². The van der Waals surface area contributed by atoms with Gasteiger partial charge in [-0.25, -0.2) is 0 Å². The third kappa shape index (κ3) is 4.66. The first kappa shape index (κ1) is 25.5. The number of benzene rings is 2. The average molecular weight is 585 g/mol. The number of aryl methyl sites for hydroxylation is 2. The van der Waals surface area contributed by atoms with E-state index < -0.39 is 11.7 Å². The van der Waals surface area contributed by atoms with Crippen LogP contribution in [-0.2, 0) is 6.18 Å². The number of hydrogen-bond donors (Lipinski definition) is 1. The minimum absolute atomic E-state index is 0.256. The van der Waals surface area contributed by atoms with Gasteiger partial charge in [-0.05, 0) is 98.7 Å². The van der Waals surface area contributed by atoms with E-state index in [0.717, 1.165) is 44.4 Å². The van der Waals surface area contributed by atoms with Gasteiger partial charge in [0.1, 0.15) is 0 Å². The first-order valence-corrected chi connectivity index (χ1v) is 12.9. The maximum Gasteiger partial charge on any atom is 0.416 e. The first-order valence-electron chi connectivity index (χ1n) is 11.7. The van der Waals surface area contributed by atoms with Gasteiger partial charge in [-0.1, -0.05) is 28.1 Å². The molecule has 0 bridgehead atoms. The van der Waals surface area contributed by atoms with E-state index in [1.54, 1.807) is 12.3 Å². The SMILES string of the molecule is Cc1cc(N2C(=S)N[C@H](c3ccccn3)[C@H]2c2cc(C)n(-c3cccc(C(F)(F)F)c3)c2C)ccc1Br. The van der Waals surface area contributed by atoms with Gasteiger partial charge in [0.15, 0.2) is 5.11 Å². The number of nitrogens with one attached hydrogen (secondary N) is 1. The summed E-state index contributed by atoms with van der Waals surface area (Å²) < 4.78 is 43.3. The smallest absolute Gasteiger partial charge is 0.351 e. The molecule has 0 spiro atoms. The van der Waals surface area contributed by atoms with Crippen LogP contribution in [0.1, 0.15) is 45.9 Å². The Hall–Kier alpha value is -3.17. The number of pyridine rings is 1. The highest BCUT2D eigenvalue weighted by Crippen LogP contribution is 2.44. The summed E-state index contributed by atoms with van der Waals surface area (Å²) in [5.41, 5.74) is 5.23. The van der Waals surface area contributed by atoms with Crippen molar-refractivity contribution in [1.29, 1.82) is 0 Å². The lowest BCUT2D eigenvalue weighted by Crippen LogP contribution is -2.29. The third-order valence-corrected chi connectivity index (χ3v) is 7.94. The van der Waals surface area contributed by atoms with Gasteiger partial charge in [-0.15, -0.1) is 0 Å². The number of nitrogens with zero attached hydrogens (tertiary/aromatic N) is 3. The fraction of sp³-hybridized carbons (Fsp3) is 0.214. The topological polar surface area (TPSA) is 33.1 Å². The molecular formula is C28H24BrF3N4S. The predicted octanol–water partition coefficient (Wildman–Crippen LogP) is 7.76. The summed E-state index contributed by atoms with van der Waals surface area (Å²) >= 11 is 9.40. The molecular weight excluding hydrogens is 561 g/mol. The Morgan fingerprint density at radius 1 is 0.946 bits per heavy atom. The highest BCUT2D eigenvalue weighted by Gasteiger charge is 2.42. The van der Waals surface area contributed by atoms with Crippen LogP contribution in [0.2, 0.25) is 0 Å². The molecule has 1 N–H and O–H groups in total. The standard InChI is InChI=1S/C28H24BrF3N4S/c1-16-13-21(10-11-23(16)29)36-26(25(34-27(36)37)24-9-4-5-12-33-24)22-14-17(2)35(18(22)3)20-8-6-7-19(15-20)28(30,31)32/h4-15,25-26H,1-3H3,(H,34,37)/t25-,26-/m1/s1. The van der Waals surface area contributed by atoms with Gasteiger partial charge < -0.3 is 14.8 Å². The van der Waals surface area contributed by atoms with Crippen LogP contribution in [0.3, 0.4) is 0 Å². The molecule has 4 nitrogen and oxygen atoms in total. The normalized spacial score (nSPS) is 17.8. The molecule has 1 aliphatic rings. The molecule has 2 atom stereocenters. The summed E-state index contributed by atoms with van der Waals surface area (Å²) in [4.78, 5) is 6.67. The van der Waals surface area contributed by atoms with Gasteiger partial charge in [0.2, 0.25) is 0 Å². The summed E-state index contributed by atoms with van der Waals surface area (Å²) in [6, 6.07) is 18.7. The van der Waals surface area contributed by atoms with Crippen molar-refractivity contribution in [2.24, 2.45) is 0 Å². The molecule has 2 aromatic carbocycles. The van der Waals surface area contributed by atoms with Gasteiger partial charge in [-0.2, -0.15) is 13.2 Å². The predicted molar refractivity (Wildman–Crippen MR) is 147 cm³/mol. The average Bonchev–Trinajstić information content (AvgIpc) is 3.36. The summed E-state index contributed by atoms with van der Waals surface area (Å²) in [6.45, 7) is 5.86. The number of hydrogen-bond acceptors (Lipinski definition) is 2. The van der Waals surface area contributed by atoms with Gasteiger partial charge in [-0.3, -0.25) is 4.98 Å². The summed E-state index contributed by atoms with van der Waals surface area (Å²) in [7, 11) is 0. The van der Waals surface area contributed by atoms with Crippen molar-refractivity contribution in [3.05, 3.63) is 111 Å². The van der Waals surface area contributed by atoms with Gasteiger partial charge in [0.25, 0.3) is 0 Å². The quantitative estimate of drug-likeness (QED) is 0.248. The van der Waals surface area contributed by atoms with E-state index in [4.69, 9.17) is 12.2 Å². The van der Waals surface area contributed by atoms with Crippen molar-refractivity contribution >= 4 is 38.9 Å². The largest absolute Gasteiger partial charge is 0.416 e. The van der Waals surface area contributed by atoms with Crippen LogP contribution >= 0.6 is 28.1 Å². The first-order chi connectivity index (χ1) is 17.6. The van der Waals surface area contributed by atoms with E-state index in [2.05, 4.69) is 37.2 Å². The number of aromatic nitrogens is 2. The van der Waals surface area contributed by atoms with Gasteiger partial charge in [0.05, 0.1) is 23.3 Å². The van der Waals surface area contributed by atoms with Crippen molar-refractivity contribution < 1.29 is 13.2 Å². The maximum atomic E-state index is 13.5. The van der Waals surface area contributed by atoms with Crippen LogP contribution in [0.25, 0.3) is 5.69 Å². The molecule has 3 heterocycles. The van der Waals surface area contributed by atoms with Crippen molar-refractivity contribution in [2.75, 3.05) is 4.90 Å². The van der Waals surface area contributed by atoms with E-state index in [1.165, 1.54) is 12.1 Å². The molecule has 0 amide bonds. The van der Waals surface area contributed by atoms with Crippen molar-refractivity contribution in [1.82, 2.24) is 14.9 Å². The van der Waals surface area contributed by atoms with Crippen LogP contribution in [0.5, 0.6) is 0 Å². The lowest BCUT2D eigenvalue weighted by Gasteiger charge is -2.28. The molecule has 1 aliphatic heterocycles. The van der Waals surface area contributed by atoms with Crippen LogP contribution in [0.15, 0.2) is 77.4 Å². The second kappa shape index (κ2) is 9.61. The lowest BCUT2D eigenvalue weighted by atomic mass is 9.96. The van der Waals surface area contributed by atoms with E-state index in [9.17, 15) is 13.2 Å². The minimum atomic E-state index is -4.42. The molecule has 1 saturated heterocycles. The zero-order valence-electron chi connectivity index (χ0n) is 20.3. The number of rotatable bonds is 4. The Bertz CT molecular complexity index is 1480. The van der Waals surface area contributed by atoms with Crippen molar-refractivity contribution in [3.63, 3.8) is 0 Å². The lowest BCUT2D eigenvalue weighted by molar-refractivity contribution is -0.137. The molecule has 0 saturated carbocycles. The van der Waals surface area contributed by atoms with Crippen molar-refractivity contribution in [3.8, 4) is 5.69 Å². The summed E-state index contributed by atoms with van der Waals surface area (Å²) in [5.74, 6) is 0. The van der Waals surface area contributed by atoms with Crippen LogP contribution < -0.4 is 10.2 Å².